The molecule has 2 aromatic rings. The Morgan fingerprint density at radius 2 is 1.72 bits per heavy atom. The molecular formula is C17H19F2N5O. The summed E-state index contributed by atoms with van der Waals surface area (Å²) >= 11 is 0. The zero-order chi connectivity index (χ0) is 17.6. The van der Waals surface area contributed by atoms with Crippen molar-refractivity contribution >= 4 is 23.4 Å². The second kappa shape index (κ2) is 7.87. The number of urea groups is 1. The number of anilines is 3. The van der Waals surface area contributed by atoms with Gasteiger partial charge in [-0.25, -0.2) is 13.6 Å². The standard InChI is InChI=1S/C17H19F2N5O/c18-11-6-7-14(13(19)10-11)21-15-8-9-16(24-23-15)22-17(25)20-12-4-2-1-3-5-12/h6-10,12H,1-5H2,(H,21,23)(H2,20,22,24,25). The first-order valence-electron chi connectivity index (χ1n) is 8.23. The molecule has 132 valence electrons. The van der Waals surface area contributed by atoms with Gasteiger partial charge in [0.1, 0.15) is 11.6 Å². The van der Waals surface area contributed by atoms with Crippen LogP contribution < -0.4 is 16.0 Å². The third-order valence-electron chi connectivity index (χ3n) is 4.04. The lowest BCUT2D eigenvalue weighted by molar-refractivity contribution is 0.244. The molecule has 0 spiro atoms. The lowest BCUT2D eigenvalue weighted by atomic mass is 9.96. The molecule has 1 aliphatic carbocycles. The highest BCUT2D eigenvalue weighted by atomic mass is 19.1. The Hall–Kier alpha value is -2.77. The fourth-order valence-electron chi connectivity index (χ4n) is 2.78. The molecule has 1 aromatic heterocycles. The van der Waals surface area contributed by atoms with Crippen LogP contribution in [0, 0.1) is 11.6 Å². The summed E-state index contributed by atoms with van der Waals surface area (Å²) in [6, 6.07) is 6.18. The number of nitrogens with one attached hydrogen (secondary N) is 3. The number of nitrogens with zero attached hydrogens (tertiary/aromatic N) is 2. The number of rotatable bonds is 4. The first-order valence-corrected chi connectivity index (χ1v) is 8.23. The van der Waals surface area contributed by atoms with E-state index >= 15 is 0 Å². The number of aromatic nitrogens is 2. The SMILES string of the molecule is O=C(Nc1ccc(Nc2ccc(F)cc2F)nn1)NC1CCCCC1. The van der Waals surface area contributed by atoms with Crippen molar-refractivity contribution in [2.45, 2.75) is 38.1 Å². The molecular weight excluding hydrogens is 328 g/mol. The quantitative estimate of drug-likeness (QED) is 0.782. The lowest BCUT2D eigenvalue weighted by Crippen LogP contribution is -2.39. The lowest BCUT2D eigenvalue weighted by Gasteiger charge is -2.22. The van der Waals surface area contributed by atoms with Crippen molar-refractivity contribution in [3.8, 4) is 0 Å². The smallest absolute Gasteiger partial charge is 0.320 e. The molecule has 25 heavy (non-hydrogen) atoms. The van der Waals surface area contributed by atoms with Crippen molar-refractivity contribution in [1.29, 1.82) is 0 Å². The molecule has 0 bridgehead atoms. The highest BCUT2D eigenvalue weighted by molar-refractivity contribution is 5.88. The van der Waals surface area contributed by atoms with Crippen LogP contribution in [-0.2, 0) is 0 Å². The summed E-state index contributed by atoms with van der Waals surface area (Å²) in [5.74, 6) is -0.810. The molecule has 6 nitrogen and oxygen atoms in total. The Balaban J connectivity index is 1.55. The third kappa shape index (κ3) is 4.85. The molecule has 3 rings (SSSR count). The highest BCUT2D eigenvalue weighted by Gasteiger charge is 2.16. The van der Waals surface area contributed by atoms with Crippen LogP contribution in [0.5, 0.6) is 0 Å². The largest absolute Gasteiger partial charge is 0.336 e. The van der Waals surface area contributed by atoms with Crippen molar-refractivity contribution < 1.29 is 13.6 Å². The van der Waals surface area contributed by atoms with E-state index in [4.69, 9.17) is 0 Å². The molecule has 8 heteroatoms. The molecule has 1 aliphatic rings. The third-order valence-corrected chi connectivity index (χ3v) is 4.04. The molecule has 1 heterocycles. The number of halogens is 2. The van der Waals surface area contributed by atoms with Crippen molar-refractivity contribution in [1.82, 2.24) is 15.5 Å². The van der Waals surface area contributed by atoms with E-state index in [1.165, 1.54) is 12.5 Å². The van der Waals surface area contributed by atoms with E-state index in [2.05, 4.69) is 26.1 Å². The molecule has 2 amide bonds. The van der Waals surface area contributed by atoms with Gasteiger partial charge in [0, 0.05) is 12.1 Å². The van der Waals surface area contributed by atoms with Crippen LogP contribution in [0.15, 0.2) is 30.3 Å². The summed E-state index contributed by atoms with van der Waals surface area (Å²) < 4.78 is 26.5. The first kappa shape index (κ1) is 17.1. The summed E-state index contributed by atoms with van der Waals surface area (Å²) in [5, 5.41) is 16.0. The fraction of sp³-hybridized carbons (Fsp3) is 0.353. The van der Waals surface area contributed by atoms with Gasteiger partial charge in [-0.2, -0.15) is 0 Å². The highest BCUT2D eigenvalue weighted by Crippen LogP contribution is 2.20. The predicted octanol–water partition coefficient (Wildman–Crippen LogP) is 3.95. The minimum Gasteiger partial charge on any atom is -0.336 e. The van der Waals surface area contributed by atoms with Gasteiger partial charge in [0.15, 0.2) is 11.6 Å². The molecule has 0 atom stereocenters. The Labute approximate surface area is 144 Å². The number of carbonyl (C=O) groups is 1. The van der Waals surface area contributed by atoms with Gasteiger partial charge in [-0.05, 0) is 37.1 Å². The second-order valence-corrected chi connectivity index (χ2v) is 5.99. The maximum atomic E-state index is 13.6. The van der Waals surface area contributed by atoms with Crippen LogP contribution >= 0.6 is 0 Å². The molecule has 3 N–H and O–H groups in total. The van der Waals surface area contributed by atoms with Gasteiger partial charge in [0.25, 0.3) is 0 Å². The van der Waals surface area contributed by atoms with Gasteiger partial charge in [-0.1, -0.05) is 19.3 Å². The van der Waals surface area contributed by atoms with Gasteiger partial charge in [0.2, 0.25) is 0 Å². The Kier molecular flexibility index (Phi) is 5.37. The average molecular weight is 347 g/mol. The van der Waals surface area contributed by atoms with Crippen LogP contribution in [0.25, 0.3) is 0 Å². The molecule has 0 aliphatic heterocycles. The van der Waals surface area contributed by atoms with Gasteiger partial charge in [-0.3, -0.25) is 5.32 Å². The Bertz CT molecular complexity index is 732. The molecule has 0 radical (unpaired) electrons. The minimum atomic E-state index is -0.726. The van der Waals surface area contributed by atoms with E-state index in [1.54, 1.807) is 12.1 Å². The average Bonchev–Trinajstić information content (AvgIpc) is 2.60. The summed E-state index contributed by atoms with van der Waals surface area (Å²) in [6.45, 7) is 0. The van der Waals surface area contributed by atoms with E-state index in [0.29, 0.717) is 5.82 Å². The van der Waals surface area contributed by atoms with Crippen molar-refractivity contribution in [3.63, 3.8) is 0 Å². The number of benzene rings is 1. The minimum absolute atomic E-state index is 0.0893. The number of hydrogen-bond acceptors (Lipinski definition) is 4. The summed E-state index contributed by atoms with van der Waals surface area (Å²) in [6.07, 6.45) is 5.46. The van der Waals surface area contributed by atoms with Gasteiger partial charge < -0.3 is 10.6 Å². The van der Waals surface area contributed by atoms with E-state index in [1.807, 2.05) is 0 Å². The molecule has 0 saturated heterocycles. The molecule has 1 aromatic carbocycles. The summed E-state index contributed by atoms with van der Waals surface area (Å²) in [7, 11) is 0. The molecule has 0 unspecified atom stereocenters. The van der Waals surface area contributed by atoms with Crippen LogP contribution in [-0.4, -0.2) is 22.3 Å². The number of hydrogen-bond donors (Lipinski definition) is 3. The Morgan fingerprint density at radius 1 is 1.00 bits per heavy atom. The van der Waals surface area contributed by atoms with Crippen LogP contribution in [0.1, 0.15) is 32.1 Å². The van der Waals surface area contributed by atoms with E-state index in [9.17, 15) is 13.6 Å². The zero-order valence-electron chi connectivity index (χ0n) is 13.6. The van der Waals surface area contributed by atoms with E-state index in [0.717, 1.165) is 37.8 Å². The van der Waals surface area contributed by atoms with Crippen molar-refractivity contribution in [3.05, 3.63) is 42.0 Å². The first-order chi connectivity index (χ1) is 12.1. The van der Waals surface area contributed by atoms with Gasteiger partial charge in [0.05, 0.1) is 5.69 Å². The molecule has 1 fully saturated rings. The van der Waals surface area contributed by atoms with Crippen LogP contribution in [0.4, 0.5) is 30.9 Å². The van der Waals surface area contributed by atoms with E-state index in [-0.39, 0.29) is 23.6 Å². The second-order valence-electron chi connectivity index (χ2n) is 5.99. The molecule has 1 saturated carbocycles. The fourth-order valence-corrected chi connectivity index (χ4v) is 2.78. The maximum absolute atomic E-state index is 13.6. The monoisotopic (exact) mass is 347 g/mol. The van der Waals surface area contributed by atoms with Crippen LogP contribution in [0.2, 0.25) is 0 Å². The topological polar surface area (TPSA) is 78.9 Å². The normalized spacial score (nSPS) is 14.8. The van der Waals surface area contributed by atoms with Crippen molar-refractivity contribution in [2.24, 2.45) is 0 Å². The summed E-state index contributed by atoms with van der Waals surface area (Å²) in [4.78, 5) is 11.9. The van der Waals surface area contributed by atoms with Gasteiger partial charge >= 0.3 is 6.03 Å². The number of carbonyl (C=O) groups excluding carboxylic acids is 1. The van der Waals surface area contributed by atoms with Crippen molar-refractivity contribution in [2.75, 3.05) is 10.6 Å². The maximum Gasteiger partial charge on any atom is 0.320 e. The zero-order valence-corrected chi connectivity index (χ0v) is 13.6. The summed E-state index contributed by atoms with van der Waals surface area (Å²) in [5.41, 5.74) is 0.0893. The predicted molar refractivity (Wildman–Crippen MR) is 90.7 cm³/mol. The van der Waals surface area contributed by atoms with E-state index < -0.39 is 11.6 Å². The Morgan fingerprint density at radius 3 is 2.40 bits per heavy atom. The number of amides is 2. The van der Waals surface area contributed by atoms with Crippen LogP contribution in [0.3, 0.4) is 0 Å². The van der Waals surface area contributed by atoms with Gasteiger partial charge in [-0.15, -0.1) is 10.2 Å².